The van der Waals surface area contributed by atoms with Gasteiger partial charge in [0.05, 0.1) is 5.03 Å². The molecule has 1 rings (SSSR count). The molecular weight excluding hydrogens is 228 g/mol. The Labute approximate surface area is 110 Å². The first kappa shape index (κ1) is 14.5. The van der Waals surface area contributed by atoms with Crippen molar-refractivity contribution in [2.24, 2.45) is 5.92 Å². The van der Waals surface area contributed by atoms with Crippen LogP contribution >= 0.6 is 11.8 Å². The first-order chi connectivity index (χ1) is 8.11. The molecule has 0 aliphatic rings. The van der Waals surface area contributed by atoms with Gasteiger partial charge in [-0.2, -0.15) is 0 Å². The maximum absolute atomic E-state index is 4.49. The molecule has 1 atom stereocenters. The third kappa shape index (κ3) is 6.08. The standard InChI is InChI=1S/C14H24N2S/c1-5-12(4)10-17-14-7-6-13(9-16-14)8-15-11(2)3/h6-7,9,11-12,15H,5,8,10H2,1-4H3. The maximum atomic E-state index is 4.49. The van der Waals surface area contributed by atoms with Gasteiger partial charge in [0.1, 0.15) is 0 Å². The quantitative estimate of drug-likeness (QED) is 0.749. The summed E-state index contributed by atoms with van der Waals surface area (Å²) >= 11 is 1.85. The summed E-state index contributed by atoms with van der Waals surface area (Å²) in [6.07, 6.45) is 3.22. The number of rotatable bonds is 7. The Kier molecular flexibility index (Phi) is 6.60. The Morgan fingerprint density at radius 1 is 1.29 bits per heavy atom. The van der Waals surface area contributed by atoms with Gasteiger partial charge in [0.2, 0.25) is 0 Å². The van der Waals surface area contributed by atoms with Gasteiger partial charge in [-0.1, -0.05) is 40.2 Å². The number of hydrogen-bond acceptors (Lipinski definition) is 3. The summed E-state index contributed by atoms with van der Waals surface area (Å²) in [6, 6.07) is 4.82. The molecule has 0 radical (unpaired) electrons. The monoisotopic (exact) mass is 252 g/mol. The van der Waals surface area contributed by atoms with Crippen molar-refractivity contribution >= 4 is 11.8 Å². The van der Waals surface area contributed by atoms with Crippen molar-refractivity contribution in [1.29, 1.82) is 0 Å². The van der Waals surface area contributed by atoms with Gasteiger partial charge in [-0.3, -0.25) is 0 Å². The number of hydrogen-bond donors (Lipinski definition) is 1. The van der Waals surface area contributed by atoms with Gasteiger partial charge >= 0.3 is 0 Å². The van der Waals surface area contributed by atoms with Crippen LogP contribution in [0.25, 0.3) is 0 Å². The summed E-state index contributed by atoms with van der Waals surface area (Å²) in [7, 11) is 0. The Hall–Kier alpha value is -0.540. The topological polar surface area (TPSA) is 24.9 Å². The molecule has 0 aliphatic heterocycles. The molecule has 2 nitrogen and oxygen atoms in total. The largest absolute Gasteiger partial charge is 0.310 e. The second kappa shape index (κ2) is 7.72. The van der Waals surface area contributed by atoms with Gasteiger partial charge in [0.25, 0.3) is 0 Å². The fourth-order valence-corrected chi connectivity index (χ4v) is 2.25. The van der Waals surface area contributed by atoms with Crippen LogP contribution in [-0.4, -0.2) is 16.8 Å². The molecule has 96 valence electrons. The van der Waals surface area contributed by atoms with E-state index >= 15 is 0 Å². The normalized spacial score (nSPS) is 13.0. The molecule has 0 fully saturated rings. The molecule has 0 saturated carbocycles. The van der Waals surface area contributed by atoms with Crippen LogP contribution in [0.1, 0.15) is 39.7 Å². The van der Waals surface area contributed by atoms with E-state index in [2.05, 4.69) is 50.1 Å². The van der Waals surface area contributed by atoms with Crippen LogP contribution < -0.4 is 5.32 Å². The van der Waals surface area contributed by atoms with Gasteiger partial charge in [0, 0.05) is 24.5 Å². The van der Waals surface area contributed by atoms with Crippen molar-refractivity contribution in [3.05, 3.63) is 23.9 Å². The van der Waals surface area contributed by atoms with Gasteiger partial charge in [0.15, 0.2) is 0 Å². The molecule has 0 aliphatic carbocycles. The molecule has 0 aromatic carbocycles. The highest BCUT2D eigenvalue weighted by Gasteiger charge is 2.02. The molecule has 1 aromatic rings. The number of nitrogens with zero attached hydrogens (tertiary/aromatic N) is 1. The SMILES string of the molecule is CCC(C)CSc1ccc(CNC(C)C)cn1. The van der Waals surface area contributed by atoms with Crippen LogP contribution in [0.15, 0.2) is 23.4 Å². The third-order valence-corrected chi connectivity index (χ3v) is 4.00. The van der Waals surface area contributed by atoms with E-state index in [1.807, 2.05) is 18.0 Å². The molecule has 0 spiro atoms. The Morgan fingerprint density at radius 3 is 2.59 bits per heavy atom. The van der Waals surface area contributed by atoms with Crippen molar-refractivity contribution in [2.45, 2.75) is 51.7 Å². The molecule has 17 heavy (non-hydrogen) atoms. The number of nitrogens with one attached hydrogen (secondary N) is 1. The zero-order valence-electron chi connectivity index (χ0n) is 11.4. The summed E-state index contributed by atoms with van der Waals surface area (Å²) in [5.41, 5.74) is 1.26. The molecule has 1 unspecified atom stereocenters. The fourth-order valence-electron chi connectivity index (χ4n) is 1.27. The lowest BCUT2D eigenvalue weighted by Crippen LogP contribution is -2.21. The predicted octanol–water partition coefficient (Wildman–Crippen LogP) is 3.72. The first-order valence-corrected chi connectivity index (χ1v) is 7.41. The summed E-state index contributed by atoms with van der Waals surface area (Å²) in [5.74, 6) is 1.93. The summed E-state index contributed by atoms with van der Waals surface area (Å²) in [6.45, 7) is 9.74. The summed E-state index contributed by atoms with van der Waals surface area (Å²) in [5, 5.41) is 4.53. The second-order valence-corrected chi connectivity index (χ2v) is 5.90. The molecule has 0 bridgehead atoms. The van der Waals surface area contributed by atoms with E-state index in [0.717, 1.165) is 23.2 Å². The van der Waals surface area contributed by atoms with Crippen molar-refractivity contribution in [3.8, 4) is 0 Å². The van der Waals surface area contributed by atoms with Crippen LogP contribution in [0.2, 0.25) is 0 Å². The molecule has 1 heterocycles. The molecule has 1 N–H and O–H groups in total. The van der Waals surface area contributed by atoms with Crippen molar-refractivity contribution < 1.29 is 0 Å². The highest BCUT2D eigenvalue weighted by molar-refractivity contribution is 7.99. The average Bonchev–Trinajstić information content (AvgIpc) is 2.34. The highest BCUT2D eigenvalue weighted by atomic mass is 32.2. The summed E-state index contributed by atoms with van der Waals surface area (Å²) in [4.78, 5) is 4.49. The predicted molar refractivity (Wildman–Crippen MR) is 76.4 cm³/mol. The number of pyridine rings is 1. The van der Waals surface area contributed by atoms with E-state index in [4.69, 9.17) is 0 Å². The third-order valence-electron chi connectivity index (χ3n) is 2.72. The lowest BCUT2D eigenvalue weighted by Gasteiger charge is -2.09. The first-order valence-electron chi connectivity index (χ1n) is 6.43. The average molecular weight is 252 g/mol. The van der Waals surface area contributed by atoms with Crippen molar-refractivity contribution in [1.82, 2.24) is 10.3 Å². The van der Waals surface area contributed by atoms with Crippen LogP contribution in [-0.2, 0) is 6.54 Å². The molecule has 3 heteroatoms. The van der Waals surface area contributed by atoms with E-state index in [9.17, 15) is 0 Å². The molecule has 1 aromatic heterocycles. The van der Waals surface area contributed by atoms with Gasteiger partial charge < -0.3 is 5.32 Å². The zero-order valence-corrected chi connectivity index (χ0v) is 12.2. The fraction of sp³-hybridized carbons (Fsp3) is 0.643. The maximum Gasteiger partial charge on any atom is 0.0960 e. The Bertz CT molecular complexity index is 309. The summed E-state index contributed by atoms with van der Waals surface area (Å²) < 4.78 is 0. The minimum Gasteiger partial charge on any atom is -0.310 e. The second-order valence-electron chi connectivity index (χ2n) is 4.86. The van der Waals surface area contributed by atoms with Crippen molar-refractivity contribution in [3.63, 3.8) is 0 Å². The highest BCUT2D eigenvalue weighted by Crippen LogP contribution is 2.19. The molecule has 0 amide bonds. The number of aromatic nitrogens is 1. The smallest absolute Gasteiger partial charge is 0.0960 e. The van der Waals surface area contributed by atoms with Crippen LogP contribution in [0.5, 0.6) is 0 Å². The number of thioether (sulfide) groups is 1. The van der Waals surface area contributed by atoms with Gasteiger partial charge in [-0.15, -0.1) is 11.8 Å². The van der Waals surface area contributed by atoms with Crippen LogP contribution in [0.3, 0.4) is 0 Å². The van der Waals surface area contributed by atoms with Crippen molar-refractivity contribution in [2.75, 3.05) is 5.75 Å². The van der Waals surface area contributed by atoms with E-state index in [1.165, 1.54) is 12.0 Å². The van der Waals surface area contributed by atoms with E-state index in [0.29, 0.717) is 6.04 Å². The Balaban J connectivity index is 2.39. The Morgan fingerprint density at radius 2 is 2.06 bits per heavy atom. The van der Waals surface area contributed by atoms with E-state index in [1.54, 1.807) is 0 Å². The van der Waals surface area contributed by atoms with E-state index < -0.39 is 0 Å². The molecule has 0 saturated heterocycles. The van der Waals surface area contributed by atoms with Gasteiger partial charge in [-0.05, 0) is 17.5 Å². The van der Waals surface area contributed by atoms with Crippen LogP contribution in [0.4, 0.5) is 0 Å². The lowest BCUT2D eigenvalue weighted by atomic mass is 10.2. The van der Waals surface area contributed by atoms with E-state index in [-0.39, 0.29) is 0 Å². The van der Waals surface area contributed by atoms with Gasteiger partial charge in [-0.25, -0.2) is 4.98 Å². The minimum atomic E-state index is 0.523. The minimum absolute atomic E-state index is 0.523. The zero-order chi connectivity index (χ0) is 12.7. The lowest BCUT2D eigenvalue weighted by molar-refractivity contribution is 0.587. The molecular formula is C14H24N2S. The van der Waals surface area contributed by atoms with Crippen LogP contribution in [0, 0.1) is 5.92 Å².